The van der Waals surface area contributed by atoms with Gasteiger partial charge in [0.05, 0.1) is 0 Å². The Kier molecular flexibility index (Phi) is 8.58. The van der Waals surface area contributed by atoms with Gasteiger partial charge in [-0.15, -0.1) is 24.0 Å². The molecule has 0 amide bonds. The van der Waals surface area contributed by atoms with Gasteiger partial charge in [-0.3, -0.25) is 19.7 Å². The van der Waals surface area contributed by atoms with Crippen molar-refractivity contribution < 1.29 is 0 Å². The van der Waals surface area contributed by atoms with E-state index in [0.29, 0.717) is 12.1 Å². The van der Waals surface area contributed by atoms with Gasteiger partial charge in [0.2, 0.25) is 0 Å². The van der Waals surface area contributed by atoms with Crippen LogP contribution in [0.3, 0.4) is 0 Å². The predicted molar refractivity (Wildman–Crippen MR) is 131 cm³/mol. The van der Waals surface area contributed by atoms with Crippen LogP contribution in [0.4, 0.5) is 0 Å². The lowest BCUT2D eigenvalue weighted by atomic mass is 10.0. The van der Waals surface area contributed by atoms with Gasteiger partial charge in [-0.2, -0.15) is 0 Å². The van der Waals surface area contributed by atoms with Gasteiger partial charge >= 0.3 is 0 Å². The van der Waals surface area contributed by atoms with E-state index in [0.717, 1.165) is 45.1 Å². The second-order valence-electron chi connectivity index (χ2n) is 8.28. The summed E-state index contributed by atoms with van der Waals surface area (Å²) in [4.78, 5) is 14.9. The highest BCUT2D eigenvalue weighted by molar-refractivity contribution is 14.0. The molecule has 0 saturated carbocycles. The molecule has 7 heteroatoms. The smallest absolute Gasteiger partial charge is 0.193 e. The van der Waals surface area contributed by atoms with Gasteiger partial charge in [-0.05, 0) is 12.0 Å². The lowest BCUT2D eigenvalue weighted by Crippen LogP contribution is -2.64. The second-order valence-corrected chi connectivity index (χ2v) is 8.28. The molecule has 5 rings (SSSR count). The minimum Gasteiger partial charge on any atom is -0.355 e. The Hall–Kier alpha value is -0.900. The number of hydrogen-bond acceptors (Lipinski definition) is 4. The lowest BCUT2D eigenvalue weighted by molar-refractivity contribution is 0.0150. The third-order valence-electron chi connectivity index (χ3n) is 6.73. The maximum atomic E-state index is 4.59. The number of guanidine groups is 1. The number of nitrogens with zero attached hydrogens (tertiary/aromatic N) is 5. The monoisotopic (exact) mass is 512 g/mol. The van der Waals surface area contributed by atoms with Crippen LogP contribution in [-0.2, 0) is 0 Å². The second kappa shape index (κ2) is 10.9. The highest BCUT2D eigenvalue weighted by Gasteiger charge is 2.32. The summed E-state index contributed by atoms with van der Waals surface area (Å²) in [5.74, 6) is 1.07. The number of aliphatic imine (C=N–C) groups is 1. The fourth-order valence-corrected chi connectivity index (χ4v) is 5.08. The Bertz CT molecular complexity index is 638. The third kappa shape index (κ3) is 5.42. The summed E-state index contributed by atoms with van der Waals surface area (Å²) in [6, 6.07) is 12.1. The molecule has 162 valence electrons. The summed E-state index contributed by atoms with van der Waals surface area (Å²) >= 11 is 0. The van der Waals surface area contributed by atoms with E-state index in [1.807, 2.05) is 7.05 Å². The van der Waals surface area contributed by atoms with Crippen LogP contribution in [0.15, 0.2) is 35.3 Å². The van der Waals surface area contributed by atoms with E-state index < -0.39 is 0 Å². The summed E-state index contributed by atoms with van der Waals surface area (Å²) < 4.78 is 0. The van der Waals surface area contributed by atoms with E-state index in [1.165, 1.54) is 38.3 Å². The van der Waals surface area contributed by atoms with Crippen LogP contribution in [0, 0.1) is 0 Å². The maximum absolute atomic E-state index is 4.59. The molecular weight excluding hydrogens is 475 g/mol. The van der Waals surface area contributed by atoms with Crippen molar-refractivity contribution in [3.05, 3.63) is 35.9 Å². The first-order valence-electron chi connectivity index (χ1n) is 11.0. The van der Waals surface area contributed by atoms with E-state index in [1.54, 1.807) is 0 Å². The largest absolute Gasteiger partial charge is 0.355 e. The number of hydrogen-bond donors (Lipinski definition) is 1. The molecule has 1 aromatic rings. The first-order chi connectivity index (χ1) is 13.8. The third-order valence-corrected chi connectivity index (χ3v) is 6.73. The quantitative estimate of drug-likeness (QED) is 0.371. The van der Waals surface area contributed by atoms with Gasteiger partial charge in [0.25, 0.3) is 0 Å². The minimum absolute atomic E-state index is 0. The highest BCUT2D eigenvalue weighted by atomic mass is 127. The number of fused-ring (bicyclic) bond motifs is 3. The fourth-order valence-electron chi connectivity index (χ4n) is 5.08. The van der Waals surface area contributed by atoms with E-state index in [9.17, 15) is 0 Å². The van der Waals surface area contributed by atoms with Gasteiger partial charge in [0, 0.05) is 84.6 Å². The van der Waals surface area contributed by atoms with Crippen LogP contribution < -0.4 is 5.32 Å². The SMILES string of the molecule is CCC(c1ccccc1)N1CCN(C(=NC)NCC2CN3CCN2CC3)CC1.I. The molecule has 4 heterocycles. The highest BCUT2D eigenvalue weighted by Crippen LogP contribution is 2.25. The Morgan fingerprint density at radius 3 is 2.28 bits per heavy atom. The number of piperazine rings is 4. The van der Waals surface area contributed by atoms with Crippen molar-refractivity contribution in [2.75, 3.05) is 72.5 Å². The molecule has 4 saturated heterocycles. The van der Waals surface area contributed by atoms with Gasteiger partial charge in [-0.1, -0.05) is 37.3 Å². The summed E-state index contributed by atoms with van der Waals surface area (Å²) in [6.07, 6.45) is 1.16. The van der Waals surface area contributed by atoms with E-state index in [2.05, 4.69) is 67.2 Å². The average Bonchev–Trinajstić information content (AvgIpc) is 2.77. The maximum Gasteiger partial charge on any atom is 0.193 e. The molecule has 29 heavy (non-hydrogen) atoms. The van der Waals surface area contributed by atoms with Crippen LogP contribution in [-0.4, -0.2) is 104 Å². The van der Waals surface area contributed by atoms with Crippen LogP contribution in [0.25, 0.3) is 0 Å². The summed E-state index contributed by atoms with van der Waals surface area (Å²) in [5.41, 5.74) is 1.44. The molecule has 2 atom stereocenters. The van der Waals surface area contributed by atoms with E-state index in [-0.39, 0.29) is 24.0 Å². The number of rotatable bonds is 5. The average molecular weight is 512 g/mol. The van der Waals surface area contributed by atoms with Gasteiger partial charge in [-0.25, -0.2) is 0 Å². The van der Waals surface area contributed by atoms with Crippen LogP contribution in [0.5, 0.6) is 0 Å². The number of halogens is 1. The van der Waals surface area contributed by atoms with E-state index in [4.69, 9.17) is 0 Å². The number of nitrogens with one attached hydrogen (secondary N) is 1. The van der Waals surface area contributed by atoms with Crippen molar-refractivity contribution in [1.29, 1.82) is 0 Å². The molecule has 2 unspecified atom stereocenters. The van der Waals surface area contributed by atoms with Crippen molar-refractivity contribution >= 4 is 29.9 Å². The van der Waals surface area contributed by atoms with Crippen LogP contribution in [0.2, 0.25) is 0 Å². The molecule has 0 aromatic heterocycles. The Morgan fingerprint density at radius 1 is 1.03 bits per heavy atom. The Morgan fingerprint density at radius 2 is 1.72 bits per heavy atom. The minimum atomic E-state index is 0. The van der Waals surface area contributed by atoms with Crippen molar-refractivity contribution in [3.63, 3.8) is 0 Å². The van der Waals surface area contributed by atoms with Crippen molar-refractivity contribution in [2.45, 2.75) is 25.4 Å². The van der Waals surface area contributed by atoms with Crippen LogP contribution in [0.1, 0.15) is 24.9 Å². The van der Waals surface area contributed by atoms with Gasteiger partial charge in [0.1, 0.15) is 0 Å². The summed E-state index contributed by atoms with van der Waals surface area (Å²) in [6.45, 7) is 13.7. The molecular formula is C22H37IN6. The van der Waals surface area contributed by atoms with Gasteiger partial charge < -0.3 is 10.2 Å². The molecule has 6 nitrogen and oxygen atoms in total. The molecule has 4 aliphatic rings. The normalized spacial score (nSPS) is 28.7. The number of benzene rings is 1. The zero-order chi connectivity index (χ0) is 19.3. The molecule has 1 aromatic carbocycles. The van der Waals surface area contributed by atoms with Crippen molar-refractivity contribution in [3.8, 4) is 0 Å². The standard InChI is InChI=1S/C22H36N6.HI/c1-3-21(19-7-5-4-6-8-19)27-13-15-28(16-14-27)22(23-2)24-17-20-18-25-9-11-26(20)12-10-25;/h4-8,20-21H,3,9-18H2,1-2H3,(H,23,24);1H. The first kappa shape index (κ1) is 22.8. The molecule has 4 aliphatic heterocycles. The van der Waals surface area contributed by atoms with Crippen molar-refractivity contribution in [2.24, 2.45) is 4.99 Å². The Balaban J connectivity index is 0.00000240. The zero-order valence-electron chi connectivity index (χ0n) is 18.0. The lowest BCUT2D eigenvalue weighted by Gasteiger charge is -2.48. The molecule has 2 bridgehead atoms. The molecule has 0 aliphatic carbocycles. The Labute approximate surface area is 193 Å². The van der Waals surface area contributed by atoms with Gasteiger partial charge in [0.15, 0.2) is 5.96 Å². The topological polar surface area (TPSA) is 37.4 Å². The first-order valence-corrected chi connectivity index (χ1v) is 11.0. The zero-order valence-corrected chi connectivity index (χ0v) is 20.3. The molecule has 4 fully saturated rings. The van der Waals surface area contributed by atoms with Crippen molar-refractivity contribution in [1.82, 2.24) is 24.9 Å². The molecule has 0 radical (unpaired) electrons. The summed E-state index contributed by atoms with van der Waals surface area (Å²) in [7, 11) is 1.92. The molecule has 1 N–H and O–H groups in total. The summed E-state index contributed by atoms with van der Waals surface area (Å²) in [5, 5.41) is 3.67. The predicted octanol–water partition coefficient (Wildman–Crippen LogP) is 1.95. The van der Waals surface area contributed by atoms with Crippen LogP contribution >= 0.6 is 24.0 Å². The fraction of sp³-hybridized carbons (Fsp3) is 0.682. The van der Waals surface area contributed by atoms with E-state index >= 15 is 0 Å². The molecule has 0 spiro atoms.